The Morgan fingerprint density at radius 3 is 2.15 bits per heavy atom. The first-order valence-electron chi connectivity index (χ1n) is 16.6. The molecule has 7 aromatic rings. The van der Waals surface area contributed by atoms with Crippen molar-refractivity contribution in [2.45, 2.75) is 10.1 Å². The maximum absolute atomic E-state index is 14.6. The molecule has 0 bridgehead atoms. The number of aromatic nitrogens is 1. The summed E-state index contributed by atoms with van der Waals surface area (Å²) in [6.07, 6.45) is 1.29. The number of nitrogens with zero attached hydrogens (tertiary/aromatic N) is 1. The lowest BCUT2D eigenvalue weighted by Crippen LogP contribution is -2.30. The zero-order chi connectivity index (χ0) is 36.6. The van der Waals surface area contributed by atoms with E-state index in [-0.39, 0.29) is 17.2 Å². The average molecular weight is 719 g/mol. The summed E-state index contributed by atoms with van der Waals surface area (Å²) in [5, 5.41) is 7.82. The molecule has 53 heavy (non-hydrogen) atoms. The number of amides is 3. The molecule has 0 radical (unpaired) electrons. The quantitative estimate of drug-likeness (QED) is 0.0907. The fourth-order valence-electron chi connectivity index (χ4n) is 5.47. The molecular weight excluding hydrogens is 688 g/mol. The van der Waals surface area contributed by atoms with Gasteiger partial charge in [-0.2, -0.15) is 0 Å². The van der Waals surface area contributed by atoms with Crippen molar-refractivity contribution in [1.29, 1.82) is 0 Å². The van der Waals surface area contributed by atoms with Gasteiger partial charge in [0.05, 0.1) is 0 Å². The first kappa shape index (κ1) is 34.7. The number of carbonyl (C=O) groups excluding carboxylic acids is 3. The lowest BCUT2D eigenvalue weighted by atomic mass is 10.1. The van der Waals surface area contributed by atoms with Crippen LogP contribution in [0, 0.1) is 5.82 Å². The summed E-state index contributed by atoms with van der Waals surface area (Å²) in [5.41, 5.74) is 4.35. The highest BCUT2D eigenvalue weighted by Gasteiger charge is 2.23. The molecule has 1 unspecified atom stereocenters. The van der Waals surface area contributed by atoms with Crippen molar-refractivity contribution in [2.75, 3.05) is 10.6 Å². The van der Waals surface area contributed by atoms with E-state index in [9.17, 15) is 18.8 Å². The van der Waals surface area contributed by atoms with Gasteiger partial charge in [0.2, 0.25) is 11.8 Å². The van der Waals surface area contributed by atoms with Crippen LogP contribution in [0.2, 0.25) is 0 Å². The van der Waals surface area contributed by atoms with Gasteiger partial charge in [-0.1, -0.05) is 84.9 Å². The maximum atomic E-state index is 14.6. The second-order valence-corrected chi connectivity index (χ2v) is 13.0. The van der Waals surface area contributed by atoms with Gasteiger partial charge in [0.25, 0.3) is 11.8 Å². The number of anilines is 2. The molecule has 8 nitrogen and oxygen atoms in total. The highest BCUT2D eigenvalue weighted by molar-refractivity contribution is 8.00. The summed E-state index contributed by atoms with van der Waals surface area (Å²) in [5.74, 6) is -1.48. The van der Waals surface area contributed by atoms with Gasteiger partial charge in [0.15, 0.2) is 5.58 Å². The Morgan fingerprint density at radius 2 is 1.40 bits per heavy atom. The molecule has 1 atom stereocenters. The van der Waals surface area contributed by atoms with Crippen molar-refractivity contribution < 1.29 is 23.2 Å². The van der Waals surface area contributed by atoms with Gasteiger partial charge in [0, 0.05) is 33.0 Å². The number of halogens is 1. The van der Waals surface area contributed by atoms with Crippen LogP contribution in [0.3, 0.4) is 0 Å². The van der Waals surface area contributed by atoms with Gasteiger partial charge in [-0.3, -0.25) is 14.4 Å². The van der Waals surface area contributed by atoms with Gasteiger partial charge in [-0.05, 0) is 84.4 Å². The standard InChI is InChI=1S/C43H31FN4O4S/c44-35-19-8-7-16-31(35)26-37(47-40(49)29-14-5-2-6-15-29)41(50)46-33-17-11-18-34(27-33)53-39(28-12-3-1-4-13-28)42(51)45-32-24-22-30(23-25-32)43-48-36-20-9-10-21-38(36)52-43/h1-27,39H,(H,45,51)(H,46,50)(H,47,49)/b37-26-. The zero-order valence-electron chi connectivity index (χ0n) is 28.0. The molecule has 0 spiro atoms. The molecule has 0 saturated heterocycles. The van der Waals surface area contributed by atoms with Gasteiger partial charge in [-0.15, -0.1) is 11.8 Å². The Labute approximate surface area is 308 Å². The van der Waals surface area contributed by atoms with Gasteiger partial charge in [0.1, 0.15) is 22.3 Å². The largest absolute Gasteiger partial charge is 0.436 e. The zero-order valence-corrected chi connectivity index (χ0v) is 28.8. The van der Waals surface area contributed by atoms with Crippen molar-refractivity contribution in [3.63, 3.8) is 0 Å². The normalized spacial score (nSPS) is 11.8. The van der Waals surface area contributed by atoms with Crippen molar-refractivity contribution in [1.82, 2.24) is 10.3 Å². The Bertz CT molecular complexity index is 2400. The van der Waals surface area contributed by atoms with Crippen LogP contribution in [-0.2, 0) is 9.59 Å². The molecule has 0 aliphatic heterocycles. The Hall–Kier alpha value is -6.78. The summed E-state index contributed by atoms with van der Waals surface area (Å²) in [6.45, 7) is 0. The van der Waals surface area contributed by atoms with Gasteiger partial charge >= 0.3 is 0 Å². The number of fused-ring (bicyclic) bond motifs is 1. The monoisotopic (exact) mass is 718 g/mol. The number of rotatable bonds is 11. The summed E-state index contributed by atoms with van der Waals surface area (Å²) >= 11 is 1.31. The predicted molar refractivity (Wildman–Crippen MR) is 206 cm³/mol. The molecule has 6 aromatic carbocycles. The minimum atomic E-state index is -0.654. The van der Waals surface area contributed by atoms with E-state index >= 15 is 0 Å². The first-order valence-corrected chi connectivity index (χ1v) is 17.5. The van der Waals surface area contributed by atoms with Crippen LogP contribution in [0.15, 0.2) is 173 Å². The molecule has 7 rings (SSSR count). The third kappa shape index (κ3) is 8.58. The number of hydrogen-bond acceptors (Lipinski definition) is 6. The number of benzene rings is 6. The molecule has 0 aliphatic carbocycles. The topological polar surface area (TPSA) is 113 Å². The number of hydrogen-bond donors (Lipinski definition) is 3. The second kappa shape index (κ2) is 16.1. The lowest BCUT2D eigenvalue weighted by Gasteiger charge is -2.18. The fourth-order valence-corrected chi connectivity index (χ4v) is 6.56. The van der Waals surface area contributed by atoms with Crippen LogP contribution in [0.5, 0.6) is 0 Å². The molecular formula is C43H31FN4O4S. The van der Waals surface area contributed by atoms with Crippen LogP contribution in [0.25, 0.3) is 28.6 Å². The highest BCUT2D eigenvalue weighted by atomic mass is 32.2. The van der Waals surface area contributed by atoms with E-state index in [0.29, 0.717) is 33.3 Å². The smallest absolute Gasteiger partial charge is 0.272 e. The number of nitrogens with one attached hydrogen (secondary N) is 3. The molecule has 1 aromatic heterocycles. The highest BCUT2D eigenvalue weighted by Crippen LogP contribution is 2.37. The number of thioether (sulfide) groups is 1. The lowest BCUT2D eigenvalue weighted by molar-refractivity contribution is -0.116. The molecule has 1 heterocycles. The van der Waals surface area contributed by atoms with Crippen LogP contribution in [0.4, 0.5) is 15.8 Å². The van der Waals surface area contributed by atoms with E-state index in [2.05, 4.69) is 20.9 Å². The summed E-state index contributed by atoms with van der Waals surface area (Å²) in [7, 11) is 0. The third-order valence-electron chi connectivity index (χ3n) is 8.11. The van der Waals surface area contributed by atoms with Crippen LogP contribution in [0.1, 0.15) is 26.7 Å². The molecule has 10 heteroatoms. The predicted octanol–water partition coefficient (Wildman–Crippen LogP) is 9.52. The maximum Gasteiger partial charge on any atom is 0.272 e. The summed E-state index contributed by atoms with van der Waals surface area (Å²) < 4.78 is 20.5. The summed E-state index contributed by atoms with van der Waals surface area (Å²) in [6, 6.07) is 45.6. The van der Waals surface area contributed by atoms with Gasteiger partial charge < -0.3 is 20.4 Å². The van der Waals surface area contributed by atoms with Crippen molar-refractivity contribution in [3.05, 3.63) is 186 Å². The first-order chi connectivity index (χ1) is 25.9. The van der Waals surface area contributed by atoms with Crippen LogP contribution < -0.4 is 16.0 Å². The van der Waals surface area contributed by atoms with E-state index in [1.165, 1.54) is 30.0 Å². The fraction of sp³-hybridized carbons (Fsp3) is 0.0233. The molecule has 0 fully saturated rings. The molecule has 260 valence electrons. The Kier molecular flexibility index (Phi) is 10.5. The second-order valence-electron chi connectivity index (χ2n) is 11.8. The SMILES string of the molecule is O=C(Nc1cccc(SC(C(=O)Nc2ccc(-c3nc4ccccc4o3)cc2)c2ccccc2)c1)/C(=C/c1ccccc1F)NC(=O)c1ccccc1. The van der Waals surface area contributed by atoms with Crippen molar-refractivity contribution in [2.24, 2.45) is 0 Å². The van der Waals surface area contributed by atoms with E-state index in [4.69, 9.17) is 4.42 Å². The van der Waals surface area contributed by atoms with Crippen molar-refractivity contribution in [3.8, 4) is 11.5 Å². The van der Waals surface area contributed by atoms with Crippen molar-refractivity contribution >= 4 is 58.0 Å². The number of oxazole rings is 1. The van der Waals surface area contributed by atoms with Crippen LogP contribution >= 0.6 is 11.8 Å². The van der Waals surface area contributed by atoms with E-state index in [1.54, 1.807) is 72.8 Å². The minimum Gasteiger partial charge on any atom is -0.436 e. The van der Waals surface area contributed by atoms with Gasteiger partial charge in [-0.25, -0.2) is 9.37 Å². The number of para-hydroxylation sites is 2. The minimum absolute atomic E-state index is 0.132. The average Bonchev–Trinajstić information content (AvgIpc) is 3.63. The Morgan fingerprint density at radius 1 is 0.698 bits per heavy atom. The number of carbonyl (C=O) groups is 3. The van der Waals surface area contributed by atoms with E-state index < -0.39 is 22.9 Å². The molecule has 0 saturated carbocycles. The van der Waals surface area contributed by atoms with Crippen LogP contribution in [-0.4, -0.2) is 22.7 Å². The third-order valence-corrected chi connectivity index (χ3v) is 9.36. The summed E-state index contributed by atoms with van der Waals surface area (Å²) in [4.78, 5) is 45.8. The Balaban J connectivity index is 1.09. The van der Waals surface area contributed by atoms with E-state index in [0.717, 1.165) is 16.6 Å². The molecule has 3 amide bonds. The van der Waals surface area contributed by atoms with E-state index in [1.807, 2.05) is 72.8 Å². The molecule has 0 aliphatic rings. The molecule has 3 N–H and O–H groups in total.